The summed E-state index contributed by atoms with van der Waals surface area (Å²) in [4.78, 5) is 26.5. The van der Waals surface area contributed by atoms with E-state index in [-0.39, 0.29) is 18.3 Å². The van der Waals surface area contributed by atoms with E-state index in [4.69, 9.17) is 23.4 Å². The predicted octanol–water partition coefficient (Wildman–Crippen LogP) is 0.995. The van der Waals surface area contributed by atoms with Gasteiger partial charge in [0, 0.05) is 16.6 Å². The SMILES string of the molecule is COC(=O)C1=CCC[C@H]2[C@]3(C)C[C@@H](c4ccoc4)OC(=O)[C@H]3C[C@H](O[C@@H]3O[C@H](CO)[C@@H](O)[C@H](O)[C@H]3O)[C@@]12C. The summed E-state index contributed by atoms with van der Waals surface area (Å²) in [5.41, 5.74) is -0.341. The van der Waals surface area contributed by atoms with Crippen LogP contribution < -0.4 is 0 Å². The van der Waals surface area contributed by atoms with Gasteiger partial charge in [-0.25, -0.2) is 4.79 Å². The third-order valence-corrected chi connectivity index (χ3v) is 9.45. The maximum atomic E-state index is 13.5. The van der Waals surface area contributed by atoms with Crippen molar-refractivity contribution < 1.29 is 53.4 Å². The summed E-state index contributed by atoms with van der Waals surface area (Å²) in [5.74, 6) is -1.68. The van der Waals surface area contributed by atoms with Gasteiger partial charge in [-0.15, -0.1) is 0 Å². The lowest BCUT2D eigenvalue weighted by Crippen LogP contribution is -2.65. The molecule has 3 fully saturated rings. The topological polar surface area (TPSA) is 165 Å². The molecule has 1 saturated carbocycles. The zero-order valence-corrected chi connectivity index (χ0v) is 21.7. The van der Waals surface area contributed by atoms with E-state index in [2.05, 4.69) is 6.92 Å². The summed E-state index contributed by atoms with van der Waals surface area (Å²) in [6.45, 7) is 3.35. The molecule has 0 spiro atoms. The number of esters is 2. The van der Waals surface area contributed by atoms with Gasteiger partial charge in [0.05, 0.1) is 38.3 Å². The minimum absolute atomic E-state index is 0.157. The van der Waals surface area contributed by atoms with Gasteiger partial charge in [-0.05, 0) is 43.1 Å². The van der Waals surface area contributed by atoms with Crippen LogP contribution in [-0.4, -0.2) is 82.9 Å². The normalized spacial score (nSPS) is 44.9. The van der Waals surface area contributed by atoms with Gasteiger partial charge in [-0.1, -0.05) is 19.9 Å². The van der Waals surface area contributed by atoms with Crippen molar-refractivity contribution in [3.63, 3.8) is 0 Å². The van der Waals surface area contributed by atoms with E-state index in [1.54, 1.807) is 12.3 Å². The number of hydrogen-bond donors (Lipinski definition) is 4. The van der Waals surface area contributed by atoms with Crippen LogP contribution >= 0.6 is 0 Å². The third kappa shape index (κ3) is 4.11. The number of aliphatic hydroxyl groups excluding tert-OH is 4. The van der Waals surface area contributed by atoms with Crippen LogP contribution in [-0.2, 0) is 28.5 Å². The van der Waals surface area contributed by atoms with Crippen molar-refractivity contribution in [1.82, 2.24) is 0 Å². The molecule has 2 saturated heterocycles. The molecule has 38 heavy (non-hydrogen) atoms. The monoisotopic (exact) mass is 536 g/mol. The molecule has 11 heteroatoms. The smallest absolute Gasteiger partial charge is 0.334 e. The summed E-state index contributed by atoms with van der Waals surface area (Å²) in [5, 5.41) is 40.8. The molecule has 11 atom stereocenters. The van der Waals surface area contributed by atoms with E-state index in [1.807, 2.05) is 13.0 Å². The molecule has 0 amide bonds. The van der Waals surface area contributed by atoms with E-state index >= 15 is 0 Å². The van der Waals surface area contributed by atoms with Crippen LogP contribution in [0.25, 0.3) is 0 Å². The molecular weight excluding hydrogens is 500 g/mol. The van der Waals surface area contributed by atoms with Gasteiger partial charge < -0.3 is 43.8 Å². The first-order valence-electron chi connectivity index (χ1n) is 13.0. The van der Waals surface area contributed by atoms with Gasteiger partial charge in [-0.3, -0.25) is 4.79 Å². The quantitative estimate of drug-likeness (QED) is 0.397. The van der Waals surface area contributed by atoms with Crippen molar-refractivity contribution in [3.8, 4) is 0 Å². The Morgan fingerprint density at radius 2 is 1.95 bits per heavy atom. The van der Waals surface area contributed by atoms with E-state index in [9.17, 15) is 30.0 Å². The molecule has 3 heterocycles. The maximum Gasteiger partial charge on any atom is 0.334 e. The predicted molar refractivity (Wildman–Crippen MR) is 128 cm³/mol. The van der Waals surface area contributed by atoms with Crippen LogP contribution in [0.5, 0.6) is 0 Å². The number of methoxy groups -OCH3 is 1. The Morgan fingerprint density at radius 3 is 2.61 bits per heavy atom. The Bertz CT molecular complexity index is 1070. The van der Waals surface area contributed by atoms with Crippen LogP contribution in [0.3, 0.4) is 0 Å². The van der Waals surface area contributed by atoms with Gasteiger partial charge in [0.25, 0.3) is 0 Å². The summed E-state index contributed by atoms with van der Waals surface area (Å²) >= 11 is 0. The fourth-order valence-electron chi connectivity index (χ4n) is 7.39. The van der Waals surface area contributed by atoms with Crippen LogP contribution in [0, 0.1) is 22.7 Å². The molecule has 2 aliphatic carbocycles. The van der Waals surface area contributed by atoms with Gasteiger partial charge in [-0.2, -0.15) is 0 Å². The van der Waals surface area contributed by atoms with Crippen LogP contribution in [0.15, 0.2) is 34.7 Å². The summed E-state index contributed by atoms with van der Waals surface area (Å²) < 4.78 is 28.2. The first kappa shape index (κ1) is 27.3. The van der Waals surface area contributed by atoms with Gasteiger partial charge in [0.1, 0.15) is 30.5 Å². The van der Waals surface area contributed by atoms with Crippen LogP contribution in [0.2, 0.25) is 0 Å². The Morgan fingerprint density at radius 1 is 1.18 bits per heavy atom. The highest BCUT2D eigenvalue weighted by Gasteiger charge is 2.66. The van der Waals surface area contributed by atoms with Gasteiger partial charge >= 0.3 is 11.9 Å². The number of rotatable bonds is 5. The van der Waals surface area contributed by atoms with Crippen molar-refractivity contribution in [3.05, 3.63) is 35.8 Å². The van der Waals surface area contributed by atoms with Crippen molar-refractivity contribution >= 4 is 11.9 Å². The summed E-state index contributed by atoms with van der Waals surface area (Å²) in [6.07, 6.45) is -1.81. The number of fused-ring (bicyclic) bond motifs is 3. The van der Waals surface area contributed by atoms with E-state index in [0.29, 0.717) is 24.8 Å². The van der Waals surface area contributed by atoms with Crippen molar-refractivity contribution in [2.75, 3.05) is 13.7 Å². The van der Waals surface area contributed by atoms with Crippen LogP contribution in [0.1, 0.15) is 51.2 Å². The van der Waals surface area contributed by atoms with E-state index in [1.165, 1.54) is 13.4 Å². The van der Waals surface area contributed by atoms with E-state index in [0.717, 1.165) is 5.56 Å². The summed E-state index contributed by atoms with van der Waals surface area (Å²) in [7, 11) is 1.31. The maximum absolute atomic E-state index is 13.5. The highest BCUT2D eigenvalue weighted by atomic mass is 16.7. The minimum Gasteiger partial charge on any atom is -0.472 e. The zero-order chi connectivity index (χ0) is 27.4. The highest BCUT2D eigenvalue weighted by molar-refractivity contribution is 5.90. The second kappa shape index (κ2) is 10.0. The molecule has 2 aliphatic heterocycles. The molecule has 0 unspecified atom stereocenters. The lowest BCUT2D eigenvalue weighted by Gasteiger charge is -2.62. The van der Waals surface area contributed by atoms with Crippen molar-refractivity contribution in [2.24, 2.45) is 22.7 Å². The molecule has 0 radical (unpaired) electrons. The second-order valence-electron chi connectivity index (χ2n) is 11.3. The fourth-order valence-corrected chi connectivity index (χ4v) is 7.39. The molecule has 1 aromatic rings. The molecule has 5 rings (SSSR count). The Kier molecular flexibility index (Phi) is 7.21. The number of furan rings is 1. The number of aliphatic hydroxyl groups is 4. The lowest BCUT2D eigenvalue weighted by molar-refractivity contribution is -0.329. The fraction of sp³-hybridized carbons (Fsp3) is 0.704. The number of hydrogen-bond acceptors (Lipinski definition) is 11. The molecule has 4 aliphatic rings. The second-order valence-corrected chi connectivity index (χ2v) is 11.3. The highest BCUT2D eigenvalue weighted by Crippen LogP contribution is 2.65. The van der Waals surface area contributed by atoms with Gasteiger partial charge in [0.15, 0.2) is 6.29 Å². The average Bonchev–Trinajstić information content (AvgIpc) is 3.44. The number of allylic oxidation sites excluding steroid dienone is 1. The van der Waals surface area contributed by atoms with Crippen molar-refractivity contribution in [1.29, 1.82) is 0 Å². The Balaban J connectivity index is 1.54. The standard InChI is InChI=1S/C27H36O11/c1-26-10-16(13-7-8-35-12-13)36-24(33)15(26)9-19(27(2)14(23(32)34-3)5-4-6-18(26)27)38-25-22(31)21(30)20(29)17(11-28)37-25/h5,7-8,12,15-22,25,28-31H,4,6,9-11H2,1-3H3/t15-,16+,17-,18+,19+,20-,21+,22-,25+,26-,27+/m1/s1. The van der Waals surface area contributed by atoms with Crippen LogP contribution in [0.4, 0.5) is 0 Å². The third-order valence-electron chi connectivity index (χ3n) is 9.45. The molecule has 11 nitrogen and oxygen atoms in total. The van der Waals surface area contributed by atoms with Gasteiger partial charge in [0.2, 0.25) is 0 Å². The molecule has 4 N–H and O–H groups in total. The Hall–Kier alpha value is -2.28. The van der Waals surface area contributed by atoms with E-state index < -0.39 is 72.2 Å². The molecular formula is C27H36O11. The molecule has 210 valence electrons. The lowest BCUT2D eigenvalue weighted by atomic mass is 9.44. The first-order valence-corrected chi connectivity index (χ1v) is 13.0. The number of cyclic esters (lactones) is 1. The zero-order valence-electron chi connectivity index (χ0n) is 21.7. The molecule has 0 bridgehead atoms. The summed E-state index contributed by atoms with van der Waals surface area (Å²) in [6, 6.07) is 1.77. The van der Waals surface area contributed by atoms with Crippen molar-refractivity contribution in [2.45, 2.75) is 82.4 Å². The number of ether oxygens (including phenoxy) is 4. The number of carbonyl (C=O) groups is 2. The average molecular weight is 537 g/mol. The Labute approximate surface area is 220 Å². The number of carbonyl (C=O) groups excluding carboxylic acids is 2. The molecule has 0 aromatic carbocycles. The minimum atomic E-state index is -1.62. The first-order chi connectivity index (χ1) is 18.1. The largest absolute Gasteiger partial charge is 0.472 e. The molecule has 1 aromatic heterocycles.